The first-order valence-corrected chi connectivity index (χ1v) is 4.65. The number of benzene rings is 1. The molecule has 0 spiro atoms. The summed E-state index contributed by atoms with van der Waals surface area (Å²) in [5.41, 5.74) is 1.81. The Morgan fingerprint density at radius 3 is 2.73 bits per heavy atom. The molecule has 0 saturated carbocycles. The van der Waals surface area contributed by atoms with Crippen LogP contribution < -0.4 is 0 Å². The van der Waals surface area contributed by atoms with E-state index < -0.39 is 0 Å². The maximum Gasteiger partial charge on any atom is 0.179 e. The molecule has 3 aromatic rings. The first-order chi connectivity index (χ1) is 7.45. The molecule has 0 amide bonds. The molecule has 4 nitrogen and oxygen atoms in total. The van der Waals surface area contributed by atoms with Crippen molar-refractivity contribution in [3.8, 4) is 11.4 Å². The van der Waals surface area contributed by atoms with E-state index in [0.717, 1.165) is 17.0 Å². The summed E-state index contributed by atoms with van der Waals surface area (Å²) in [7, 11) is 0. The van der Waals surface area contributed by atoms with Gasteiger partial charge in [0.2, 0.25) is 0 Å². The fourth-order valence-corrected chi connectivity index (χ4v) is 1.54. The van der Waals surface area contributed by atoms with Gasteiger partial charge in [-0.25, -0.2) is 0 Å². The molecule has 2 aromatic heterocycles. The fraction of sp³-hybridized carbons (Fsp3) is 0. The maximum atomic E-state index is 4.14. The zero-order valence-electron chi connectivity index (χ0n) is 7.91. The highest BCUT2D eigenvalue weighted by atomic mass is 15.2. The van der Waals surface area contributed by atoms with Gasteiger partial charge in [-0.1, -0.05) is 30.3 Å². The van der Waals surface area contributed by atoms with Crippen molar-refractivity contribution >= 4 is 5.65 Å². The Morgan fingerprint density at radius 2 is 1.87 bits per heavy atom. The van der Waals surface area contributed by atoms with Gasteiger partial charge in [-0.15, -0.1) is 10.2 Å². The molecule has 0 bridgehead atoms. The molecule has 15 heavy (non-hydrogen) atoms. The van der Waals surface area contributed by atoms with Crippen molar-refractivity contribution in [3.05, 3.63) is 48.9 Å². The highest BCUT2D eigenvalue weighted by molar-refractivity contribution is 5.58. The molecule has 0 aliphatic rings. The Hall–Kier alpha value is -2.23. The first-order valence-electron chi connectivity index (χ1n) is 4.65. The Labute approximate surface area is 86.2 Å². The van der Waals surface area contributed by atoms with Gasteiger partial charge in [0.05, 0.1) is 6.20 Å². The first kappa shape index (κ1) is 8.11. The Kier molecular flexibility index (Phi) is 1.71. The number of rotatable bonds is 1. The van der Waals surface area contributed by atoms with Gasteiger partial charge in [-0.3, -0.25) is 9.38 Å². The molecule has 3 rings (SSSR count). The lowest BCUT2D eigenvalue weighted by molar-refractivity contribution is 1.11. The molecule has 0 N–H and O–H groups in total. The Bertz CT molecular complexity index is 586. The molecule has 0 fully saturated rings. The van der Waals surface area contributed by atoms with Crippen molar-refractivity contribution in [2.45, 2.75) is 0 Å². The lowest BCUT2D eigenvalue weighted by Crippen LogP contribution is -1.88. The highest BCUT2D eigenvalue weighted by Crippen LogP contribution is 2.16. The van der Waals surface area contributed by atoms with Crippen LogP contribution in [-0.2, 0) is 0 Å². The van der Waals surface area contributed by atoms with Crippen LogP contribution in [0.4, 0.5) is 0 Å². The number of hydrogen-bond acceptors (Lipinski definition) is 3. The quantitative estimate of drug-likeness (QED) is 0.596. The van der Waals surface area contributed by atoms with E-state index in [0.29, 0.717) is 0 Å². The predicted octanol–water partition coefficient (Wildman–Crippen LogP) is 1.79. The van der Waals surface area contributed by atoms with Gasteiger partial charge in [0.15, 0.2) is 11.5 Å². The van der Waals surface area contributed by atoms with Crippen molar-refractivity contribution in [2.75, 3.05) is 0 Å². The van der Waals surface area contributed by atoms with Crippen molar-refractivity contribution in [2.24, 2.45) is 0 Å². The minimum atomic E-state index is 0.761. The van der Waals surface area contributed by atoms with E-state index in [1.54, 1.807) is 12.4 Å². The van der Waals surface area contributed by atoms with Crippen molar-refractivity contribution in [3.63, 3.8) is 0 Å². The molecule has 0 radical (unpaired) electrons. The van der Waals surface area contributed by atoms with Gasteiger partial charge in [-0.2, -0.15) is 0 Å². The summed E-state index contributed by atoms with van der Waals surface area (Å²) in [5, 5.41) is 8.18. The standard InChI is InChI=1S/C11H8N4/c1-2-4-9(5-3-1)11-14-13-10-8-12-6-7-15(10)11/h1-8H. The van der Waals surface area contributed by atoms with Crippen LogP contribution in [0.25, 0.3) is 17.0 Å². The third kappa shape index (κ3) is 1.27. The second kappa shape index (κ2) is 3.16. The van der Waals surface area contributed by atoms with Gasteiger partial charge >= 0.3 is 0 Å². The highest BCUT2D eigenvalue weighted by Gasteiger charge is 2.05. The van der Waals surface area contributed by atoms with Crippen LogP contribution in [0, 0.1) is 0 Å². The summed E-state index contributed by atoms with van der Waals surface area (Å²) in [6.07, 6.45) is 5.28. The molecule has 0 unspecified atom stereocenters. The van der Waals surface area contributed by atoms with Gasteiger partial charge in [-0.05, 0) is 0 Å². The molecule has 0 aliphatic carbocycles. The molecule has 2 heterocycles. The lowest BCUT2D eigenvalue weighted by Gasteiger charge is -1.97. The van der Waals surface area contributed by atoms with E-state index in [2.05, 4.69) is 15.2 Å². The minimum Gasteiger partial charge on any atom is -0.280 e. The van der Waals surface area contributed by atoms with E-state index in [9.17, 15) is 0 Å². The number of nitrogens with zero attached hydrogens (tertiary/aromatic N) is 4. The topological polar surface area (TPSA) is 43.1 Å². The van der Waals surface area contributed by atoms with E-state index in [4.69, 9.17) is 0 Å². The minimum absolute atomic E-state index is 0.761. The lowest BCUT2D eigenvalue weighted by atomic mass is 10.2. The van der Waals surface area contributed by atoms with Crippen molar-refractivity contribution in [1.82, 2.24) is 19.6 Å². The molecule has 4 heteroatoms. The van der Waals surface area contributed by atoms with Gasteiger partial charge in [0, 0.05) is 18.0 Å². The van der Waals surface area contributed by atoms with Crippen LogP contribution in [0.2, 0.25) is 0 Å². The third-order valence-electron chi connectivity index (χ3n) is 2.25. The summed E-state index contributed by atoms with van der Waals surface area (Å²) in [6, 6.07) is 9.97. The smallest absolute Gasteiger partial charge is 0.179 e. The number of fused-ring (bicyclic) bond motifs is 1. The summed E-state index contributed by atoms with van der Waals surface area (Å²) < 4.78 is 1.92. The van der Waals surface area contributed by atoms with E-state index in [1.807, 2.05) is 40.9 Å². The second-order valence-corrected chi connectivity index (χ2v) is 3.19. The van der Waals surface area contributed by atoms with E-state index in [1.165, 1.54) is 0 Å². The van der Waals surface area contributed by atoms with E-state index in [-0.39, 0.29) is 0 Å². The molecular formula is C11H8N4. The normalized spacial score (nSPS) is 10.7. The average molecular weight is 196 g/mol. The van der Waals surface area contributed by atoms with Gasteiger partial charge in [0.1, 0.15) is 0 Å². The van der Waals surface area contributed by atoms with Crippen LogP contribution in [-0.4, -0.2) is 19.6 Å². The summed E-state index contributed by atoms with van der Waals surface area (Å²) in [6.45, 7) is 0. The Balaban J connectivity index is 2.28. The summed E-state index contributed by atoms with van der Waals surface area (Å²) >= 11 is 0. The molecular weight excluding hydrogens is 188 g/mol. The van der Waals surface area contributed by atoms with Crippen LogP contribution in [0.5, 0.6) is 0 Å². The molecule has 72 valence electrons. The van der Waals surface area contributed by atoms with Crippen molar-refractivity contribution in [1.29, 1.82) is 0 Å². The van der Waals surface area contributed by atoms with Gasteiger partial charge in [0.25, 0.3) is 0 Å². The fourth-order valence-electron chi connectivity index (χ4n) is 1.54. The van der Waals surface area contributed by atoms with E-state index >= 15 is 0 Å². The molecule has 0 atom stereocenters. The maximum absolute atomic E-state index is 4.14. The van der Waals surface area contributed by atoms with Crippen LogP contribution in [0.3, 0.4) is 0 Å². The molecule has 0 aliphatic heterocycles. The average Bonchev–Trinajstić information content (AvgIpc) is 2.74. The molecule has 1 aromatic carbocycles. The third-order valence-corrected chi connectivity index (χ3v) is 2.25. The second-order valence-electron chi connectivity index (χ2n) is 3.19. The largest absolute Gasteiger partial charge is 0.280 e. The van der Waals surface area contributed by atoms with Gasteiger partial charge < -0.3 is 0 Å². The SMILES string of the molecule is c1ccc(-c2nnc3cnccn23)cc1. The monoisotopic (exact) mass is 196 g/mol. The summed E-state index contributed by atoms with van der Waals surface area (Å²) in [5.74, 6) is 0.841. The Morgan fingerprint density at radius 1 is 1.00 bits per heavy atom. The number of hydrogen-bond donors (Lipinski definition) is 0. The zero-order chi connectivity index (χ0) is 10.1. The molecule has 0 saturated heterocycles. The van der Waals surface area contributed by atoms with Crippen LogP contribution in [0.15, 0.2) is 48.9 Å². The van der Waals surface area contributed by atoms with Crippen molar-refractivity contribution < 1.29 is 0 Å². The van der Waals surface area contributed by atoms with Crippen LogP contribution >= 0.6 is 0 Å². The summed E-state index contributed by atoms with van der Waals surface area (Å²) in [4.78, 5) is 4.00. The zero-order valence-corrected chi connectivity index (χ0v) is 7.91. The predicted molar refractivity (Wildman–Crippen MR) is 56.2 cm³/mol. The number of aromatic nitrogens is 4. The van der Waals surface area contributed by atoms with Crippen LogP contribution in [0.1, 0.15) is 0 Å².